The smallest absolute Gasteiger partial charge is 0.271 e. The van der Waals surface area contributed by atoms with Crippen molar-refractivity contribution in [1.29, 1.82) is 0 Å². The molecule has 0 saturated carbocycles. The van der Waals surface area contributed by atoms with Crippen LogP contribution in [0.15, 0.2) is 37.2 Å². The molecule has 1 atom stereocenters. The maximum Gasteiger partial charge on any atom is 0.271 e. The number of thiazole rings is 1. The summed E-state index contributed by atoms with van der Waals surface area (Å²) in [5.41, 5.74) is 1.63. The molecular weight excluding hydrogens is 440 g/mol. The molecule has 0 bridgehead atoms. The van der Waals surface area contributed by atoms with E-state index in [1.54, 1.807) is 12.1 Å². The van der Waals surface area contributed by atoms with E-state index in [1.165, 1.54) is 30.2 Å². The van der Waals surface area contributed by atoms with E-state index in [0.717, 1.165) is 5.69 Å². The number of aromatic nitrogens is 6. The minimum atomic E-state index is -0.413. The molecule has 0 aliphatic rings. The molecule has 2 N–H and O–H groups in total. The zero-order valence-electron chi connectivity index (χ0n) is 18.9. The van der Waals surface area contributed by atoms with Crippen molar-refractivity contribution in [3.8, 4) is 0 Å². The number of anilines is 1. The summed E-state index contributed by atoms with van der Waals surface area (Å²) >= 11 is 1.20. The van der Waals surface area contributed by atoms with Crippen LogP contribution in [0.25, 0.3) is 11.0 Å². The third-order valence-electron chi connectivity index (χ3n) is 5.02. The van der Waals surface area contributed by atoms with Crippen molar-refractivity contribution >= 4 is 40.0 Å². The van der Waals surface area contributed by atoms with E-state index in [9.17, 15) is 9.59 Å². The first-order chi connectivity index (χ1) is 15.6. The van der Waals surface area contributed by atoms with Crippen LogP contribution >= 0.6 is 11.3 Å². The van der Waals surface area contributed by atoms with Crippen molar-refractivity contribution in [2.75, 3.05) is 5.32 Å². The summed E-state index contributed by atoms with van der Waals surface area (Å²) in [6, 6.07) is 3.15. The Balaban J connectivity index is 1.45. The third-order valence-corrected chi connectivity index (χ3v) is 6.20. The largest absolute Gasteiger partial charge is 0.342 e. The first-order valence-corrected chi connectivity index (χ1v) is 11.1. The van der Waals surface area contributed by atoms with Crippen molar-refractivity contribution in [3.63, 3.8) is 0 Å². The van der Waals surface area contributed by atoms with Crippen molar-refractivity contribution in [2.45, 2.75) is 39.2 Å². The molecule has 0 aliphatic heterocycles. The number of hydrogen-bond acceptors (Lipinski definition) is 8. The van der Waals surface area contributed by atoms with Gasteiger partial charge >= 0.3 is 0 Å². The molecule has 33 heavy (non-hydrogen) atoms. The highest BCUT2D eigenvalue weighted by Crippen LogP contribution is 2.24. The molecule has 0 spiro atoms. The van der Waals surface area contributed by atoms with Crippen LogP contribution in [0.2, 0.25) is 0 Å². The molecule has 11 heteroatoms. The fraction of sp³-hybridized carbons (Fsp3) is 0.318. The average Bonchev–Trinajstić information content (AvgIpc) is 3.41. The second-order valence-electron chi connectivity index (χ2n) is 8.64. The normalized spacial score (nSPS) is 12.5. The summed E-state index contributed by atoms with van der Waals surface area (Å²) in [4.78, 5) is 47.0. The lowest BCUT2D eigenvalue weighted by Gasteiger charge is -2.17. The van der Waals surface area contributed by atoms with Gasteiger partial charge in [0.15, 0.2) is 0 Å². The Bertz CT molecular complexity index is 1340. The topological polar surface area (TPSA) is 128 Å². The summed E-state index contributed by atoms with van der Waals surface area (Å²) < 4.78 is 1.82. The highest BCUT2D eigenvalue weighted by Gasteiger charge is 2.21. The van der Waals surface area contributed by atoms with Crippen LogP contribution in [-0.4, -0.2) is 41.3 Å². The van der Waals surface area contributed by atoms with Crippen LogP contribution in [-0.2, 0) is 12.5 Å². The molecule has 4 aromatic rings. The van der Waals surface area contributed by atoms with Gasteiger partial charge in [-0.1, -0.05) is 20.8 Å². The van der Waals surface area contributed by atoms with E-state index < -0.39 is 6.04 Å². The van der Waals surface area contributed by atoms with E-state index in [0.29, 0.717) is 32.4 Å². The van der Waals surface area contributed by atoms with Gasteiger partial charge in [0.25, 0.3) is 11.8 Å². The number of amides is 2. The van der Waals surface area contributed by atoms with Gasteiger partial charge in [0, 0.05) is 24.7 Å². The van der Waals surface area contributed by atoms with E-state index in [2.05, 4.69) is 35.6 Å². The quantitative estimate of drug-likeness (QED) is 0.464. The summed E-state index contributed by atoms with van der Waals surface area (Å²) in [5.74, 6) is -0.234. The van der Waals surface area contributed by atoms with Gasteiger partial charge in [0.05, 0.1) is 23.3 Å². The second-order valence-corrected chi connectivity index (χ2v) is 9.70. The van der Waals surface area contributed by atoms with Crippen LogP contribution in [0.4, 0.5) is 5.82 Å². The molecule has 0 fully saturated rings. The Morgan fingerprint density at radius 3 is 2.58 bits per heavy atom. The average molecular weight is 465 g/mol. The molecule has 0 aliphatic carbocycles. The molecule has 0 aromatic carbocycles. The highest BCUT2D eigenvalue weighted by molar-refractivity contribution is 7.13. The standard InChI is InChI=1S/C22H24N8O2S/c1-12(28-20(32)17-13-6-7-30(5)18(13)27-11-26-17)21-23-9-14(33-21)19(31)29-16-8-15(22(2,3)4)24-10-25-16/h6-12H,1-5H3,(H,28,32)(H,24,25,29,31). The lowest BCUT2D eigenvalue weighted by molar-refractivity contribution is 0.0936. The highest BCUT2D eigenvalue weighted by atomic mass is 32.1. The van der Waals surface area contributed by atoms with Crippen LogP contribution in [0.5, 0.6) is 0 Å². The molecule has 0 radical (unpaired) electrons. The number of carbonyl (C=O) groups excluding carboxylic acids is 2. The summed E-state index contributed by atoms with van der Waals surface area (Å²) in [6.07, 6.45) is 6.12. The minimum Gasteiger partial charge on any atom is -0.342 e. The third kappa shape index (κ3) is 4.72. The molecule has 4 aromatic heterocycles. The number of nitrogens with zero attached hydrogens (tertiary/aromatic N) is 6. The van der Waals surface area contributed by atoms with E-state index in [-0.39, 0.29) is 17.2 Å². The lowest BCUT2D eigenvalue weighted by Crippen LogP contribution is -2.27. The monoisotopic (exact) mass is 464 g/mol. The Kier molecular flexibility index (Phi) is 5.90. The number of carbonyl (C=O) groups is 2. The van der Waals surface area contributed by atoms with Gasteiger partial charge in [0.2, 0.25) is 0 Å². The van der Waals surface area contributed by atoms with Crippen molar-refractivity contribution in [2.24, 2.45) is 7.05 Å². The molecule has 4 heterocycles. The predicted octanol–water partition coefficient (Wildman–Crippen LogP) is 3.26. The van der Waals surface area contributed by atoms with E-state index in [1.807, 2.05) is 45.5 Å². The van der Waals surface area contributed by atoms with Crippen molar-refractivity contribution in [1.82, 2.24) is 34.8 Å². The summed E-state index contributed by atoms with van der Waals surface area (Å²) in [6.45, 7) is 7.92. The summed E-state index contributed by atoms with van der Waals surface area (Å²) in [5, 5.41) is 6.95. The Labute approximate surface area is 194 Å². The lowest BCUT2D eigenvalue weighted by atomic mass is 9.92. The molecule has 4 rings (SSSR count). The van der Waals surface area contributed by atoms with E-state index >= 15 is 0 Å². The van der Waals surface area contributed by atoms with Gasteiger partial charge in [-0.3, -0.25) is 9.59 Å². The second kappa shape index (κ2) is 8.66. The molecule has 2 amide bonds. The number of nitrogens with one attached hydrogen (secondary N) is 2. The van der Waals surface area contributed by atoms with Crippen LogP contribution < -0.4 is 10.6 Å². The number of aryl methyl sites for hydroxylation is 1. The molecule has 1 unspecified atom stereocenters. The van der Waals surface area contributed by atoms with Crippen LogP contribution in [0.1, 0.15) is 64.6 Å². The molecular formula is C22H24N8O2S. The van der Waals surface area contributed by atoms with Crippen LogP contribution in [0, 0.1) is 0 Å². The number of hydrogen-bond donors (Lipinski definition) is 2. The maximum absolute atomic E-state index is 12.8. The Morgan fingerprint density at radius 2 is 1.82 bits per heavy atom. The van der Waals surface area contributed by atoms with Gasteiger partial charge in [0.1, 0.15) is 39.7 Å². The first kappa shape index (κ1) is 22.5. The molecule has 10 nitrogen and oxygen atoms in total. The zero-order chi connectivity index (χ0) is 23.8. The van der Waals surface area contributed by atoms with Crippen molar-refractivity contribution < 1.29 is 9.59 Å². The number of fused-ring (bicyclic) bond motifs is 1. The fourth-order valence-electron chi connectivity index (χ4n) is 3.19. The van der Waals surface area contributed by atoms with E-state index in [4.69, 9.17) is 0 Å². The first-order valence-electron chi connectivity index (χ1n) is 10.3. The minimum absolute atomic E-state index is 0.164. The van der Waals surface area contributed by atoms with Gasteiger partial charge < -0.3 is 15.2 Å². The van der Waals surface area contributed by atoms with Gasteiger partial charge in [-0.05, 0) is 13.0 Å². The Morgan fingerprint density at radius 1 is 1.06 bits per heavy atom. The zero-order valence-corrected chi connectivity index (χ0v) is 19.8. The SMILES string of the molecule is CC(NC(=O)c1ncnc2c1ccn2C)c1ncc(C(=O)Nc2cc(C(C)(C)C)ncn2)s1. The molecule has 0 saturated heterocycles. The number of rotatable bonds is 5. The van der Waals surface area contributed by atoms with Crippen LogP contribution in [0.3, 0.4) is 0 Å². The molecule has 170 valence electrons. The van der Waals surface area contributed by atoms with Gasteiger partial charge in [-0.25, -0.2) is 24.9 Å². The Hall–Kier alpha value is -3.73. The summed E-state index contributed by atoms with van der Waals surface area (Å²) in [7, 11) is 1.85. The predicted molar refractivity (Wildman–Crippen MR) is 125 cm³/mol. The van der Waals surface area contributed by atoms with Crippen molar-refractivity contribution in [3.05, 3.63) is 58.5 Å². The maximum atomic E-state index is 12.8. The van der Waals surface area contributed by atoms with Gasteiger partial charge in [-0.15, -0.1) is 11.3 Å². The van der Waals surface area contributed by atoms with Gasteiger partial charge in [-0.2, -0.15) is 0 Å². The fourth-order valence-corrected chi connectivity index (χ4v) is 4.01.